The van der Waals surface area contributed by atoms with E-state index < -0.39 is 88.4 Å². The fourth-order valence-corrected chi connectivity index (χ4v) is 7.64. The van der Waals surface area contributed by atoms with E-state index >= 15 is 0 Å². The number of carboxylic acids is 1. The molecule has 4 amide bonds. The summed E-state index contributed by atoms with van der Waals surface area (Å²) in [5, 5.41) is 18.7. The Balaban J connectivity index is 1.48. The maximum absolute atomic E-state index is 14.7. The lowest BCUT2D eigenvalue weighted by Crippen LogP contribution is -2.48. The number of halogens is 3. The van der Waals surface area contributed by atoms with Gasteiger partial charge in [0.25, 0.3) is 0 Å². The van der Waals surface area contributed by atoms with Crippen LogP contribution in [0.4, 0.5) is 14.5 Å². The predicted octanol–water partition coefficient (Wildman–Crippen LogP) is 4.03. The van der Waals surface area contributed by atoms with Crippen LogP contribution in [0.15, 0.2) is 48.0 Å². The third-order valence-electron chi connectivity index (χ3n) is 9.38. The summed E-state index contributed by atoms with van der Waals surface area (Å²) in [6.07, 6.45) is 1.52. The molecule has 1 saturated carbocycles. The van der Waals surface area contributed by atoms with Gasteiger partial charge in [0, 0.05) is 12.5 Å². The largest absolute Gasteiger partial charge is 0.505 e. The van der Waals surface area contributed by atoms with Gasteiger partial charge in [-0.3, -0.25) is 28.9 Å². The van der Waals surface area contributed by atoms with Gasteiger partial charge >= 0.3 is 5.97 Å². The highest BCUT2D eigenvalue weighted by atomic mass is 35.5. The molecule has 0 bridgehead atoms. The van der Waals surface area contributed by atoms with Crippen LogP contribution < -0.4 is 4.90 Å². The maximum Gasteiger partial charge on any atom is 0.305 e. The number of carbonyl (C=O) groups excluding carboxylic acids is 4. The molecule has 6 atom stereocenters. The molecule has 9 nitrogen and oxygen atoms in total. The lowest BCUT2D eigenvalue weighted by Gasteiger charge is -2.49. The molecule has 2 aromatic rings. The average Bonchev–Trinajstić information content (AvgIpc) is 3.30. The third kappa shape index (κ3) is 3.89. The zero-order chi connectivity index (χ0) is 30.2. The van der Waals surface area contributed by atoms with Gasteiger partial charge in [0.1, 0.15) is 5.82 Å². The Morgan fingerprint density at radius 2 is 1.76 bits per heavy atom. The number of carboxylic acid groups (broad SMARTS) is 1. The van der Waals surface area contributed by atoms with Crippen LogP contribution in [0, 0.1) is 40.7 Å². The number of allylic oxidation sites excluding steroid dienone is 2. The first-order chi connectivity index (χ1) is 19.9. The van der Waals surface area contributed by atoms with Gasteiger partial charge in [0.15, 0.2) is 11.6 Å². The van der Waals surface area contributed by atoms with E-state index in [-0.39, 0.29) is 30.1 Å². The maximum atomic E-state index is 14.7. The Hall–Kier alpha value is -4.12. The zero-order valence-electron chi connectivity index (χ0n) is 22.2. The SMILES string of the molecule is C[C@@]12C(=O)N(c3ccc(F)c(Cl)c3)C(=O)[C@@H]1C[C@@H]1C(=CC[C@@H]3C(=O)N(CCC(=O)O)C(=O)[C@@H]31)[C@@H]2c1ccc(O)c(F)c1. The number of nitrogens with zero attached hydrogens (tertiary/aromatic N) is 2. The van der Waals surface area contributed by atoms with Gasteiger partial charge in [-0.15, -0.1) is 0 Å². The van der Waals surface area contributed by atoms with Gasteiger partial charge in [-0.25, -0.2) is 13.7 Å². The van der Waals surface area contributed by atoms with E-state index in [0.29, 0.717) is 11.1 Å². The van der Waals surface area contributed by atoms with Crippen molar-refractivity contribution in [3.8, 4) is 5.75 Å². The van der Waals surface area contributed by atoms with E-state index in [9.17, 15) is 37.9 Å². The zero-order valence-corrected chi connectivity index (χ0v) is 23.0. The molecule has 0 unspecified atom stereocenters. The van der Waals surface area contributed by atoms with Crippen molar-refractivity contribution in [1.82, 2.24) is 4.90 Å². The van der Waals surface area contributed by atoms with Gasteiger partial charge in [0.2, 0.25) is 23.6 Å². The van der Waals surface area contributed by atoms with Crippen molar-refractivity contribution >= 4 is 46.9 Å². The number of aromatic hydroxyl groups is 1. The van der Waals surface area contributed by atoms with Crippen LogP contribution in [0.3, 0.4) is 0 Å². The fraction of sp³-hybridized carbons (Fsp3) is 0.367. The number of phenols is 1. The second-order valence-corrected chi connectivity index (χ2v) is 11.8. The summed E-state index contributed by atoms with van der Waals surface area (Å²) in [6.45, 7) is 1.31. The van der Waals surface area contributed by atoms with Crippen LogP contribution in [0.1, 0.15) is 37.7 Å². The Morgan fingerprint density at radius 1 is 1.02 bits per heavy atom. The van der Waals surface area contributed by atoms with Crippen LogP contribution in [0.25, 0.3) is 0 Å². The van der Waals surface area contributed by atoms with Crippen LogP contribution in [0.2, 0.25) is 5.02 Å². The molecule has 42 heavy (non-hydrogen) atoms. The minimum Gasteiger partial charge on any atom is -0.505 e. The summed E-state index contributed by atoms with van der Waals surface area (Å²) in [7, 11) is 0. The van der Waals surface area contributed by atoms with Gasteiger partial charge in [-0.1, -0.05) is 29.3 Å². The number of fused-ring (bicyclic) bond motifs is 4. The number of anilines is 1. The van der Waals surface area contributed by atoms with E-state index in [4.69, 9.17) is 16.7 Å². The summed E-state index contributed by atoms with van der Waals surface area (Å²) >= 11 is 5.97. The van der Waals surface area contributed by atoms with E-state index in [0.717, 1.165) is 28.0 Å². The molecule has 0 radical (unpaired) electrons. The normalized spacial score (nSPS) is 30.3. The van der Waals surface area contributed by atoms with E-state index in [1.807, 2.05) is 0 Å². The Morgan fingerprint density at radius 3 is 2.43 bits per heavy atom. The highest BCUT2D eigenvalue weighted by Gasteiger charge is 2.67. The first-order valence-electron chi connectivity index (χ1n) is 13.4. The quantitative estimate of drug-likeness (QED) is 0.392. The van der Waals surface area contributed by atoms with Crippen molar-refractivity contribution in [3.63, 3.8) is 0 Å². The predicted molar refractivity (Wildman–Crippen MR) is 143 cm³/mol. The molecule has 6 rings (SSSR count). The number of likely N-dealkylation sites (tertiary alicyclic amines) is 1. The number of carbonyl (C=O) groups is 5. The number of aliphatic carboxylic acids is 1. The van der Waals surface area contributed by atoms with Gasteiger partial charge in [0.05, 0.1) is 40.3 Å². The fourth-order valence-electron chi connectivity index (χ4n) is 7.46. The molecule has 2 heterocycles. The first-order valence-corrected chi connectivity index (χ1v) is 13.8. The number of amides is 4. The Labute approximate surface area is 243 Å². The van der Waals surface area contributed by atoms with Gasteiger partial charge in [-0.2, -0.15) is 0 Å². The highest BCUT2D eigenvalue weighted by molar-refractivity contribution is 6.31. The Bertz CT molecular complexity index is 1630. The molecule has 0 aromatic heterocycles. The minimum absolute atomic E-state index is 0.0301. The summed E-state index contributed by atoms with van der Waals surface area (Å²) in [5.74, 6) is -9.93. The number of imide groups is 2. The van der Waals surface area contributed by atoms with Crippen LogP contribution in [-0.4, -0.2) is 51.3 Å². The number of hydrogen-bond donors (Lipinski definition) is 2. The minimum atomic E-state index is -1.47. The van der Waals surface area contributed by atoms with Crippen molar-refractivity contribution in [1.29, 1.82) is 0 Å². The molecule has 2 N–H and O–H groups in total. The molecule has 2 aromatic carbocycles. The number of hydrogen-bond acceptors (Lipinski definition) is 6. The van der Waals surface area contributed by atoms with Crippen LogP contribution in [0.5, 0.6) is 5.75 Å². The second kappa shape index (κ2) is 9.72. The van der Waals surface area contributed by atoms with Crippen LogP contribution in [-0.2, 0) is 24.0 Å². The van der Waals surface area contributed by atoms with Gasteiger partial charge in [-0.05, 0) is 61.6 Å². The molecular formula is C30H25ClF2N2O7. The standard InChI is InChI=1S/C30H25ClF2N2O7/c1-30-18(27(40)35(29(30)42)14-3-6-20(32)19(31)11-14)12-17-15(25(30)13-2-7-22(36)21(33)10-13)4-5-16-24(17)28(41)34(26(16)39)9-8-23(37)38/h2-4,6-7,10-11,16-18,24-25,36H,5,8-9,12H2,1H3,(H,37,38)/t16-,17+,18-,24-,25-,30+/m0/s1. The van der Waals surface area contributed by atoms with E-state index in [2.05, 4.69) is 0 Å². The van der Waals surface area contributed by atoms with Crippen molar-refractivity contribution in [3.05, 3.63) is 70.3 Å². The molecule has 0 spiro atoms. The molecule has 4 aliphatic rings. The molecular weight excluding hydrogens is 574 g/mol. The Kier molecular flexibility index (Phi) is 6.49. The van der Waals surface area contributed by atoms with Crippen LogP contribution >= 0.6 is 11.6 Å². The average molecular weight is 599 g/mol. The van der Waals surface area contributed by atoms with Gasteiger partial charge < -0.3 is 10.2 Å². The third-order valence-corrected chi connectivity index (χ3v) is 9.67. The second-order valence-electron chi connectivity index (χ2n) is 11.4. The summed E-state index contributed by atoms with van der Waals surface area (Å²) in [4.78, 5) is 68.1. The topological polar surface area (TPSA) is 132 Å². The molecule has 12 heteroatoms. The molecule has 2 aliphatic heterocycles. The number of rotatable bonds is 5. The molecule has 218 valence electrons. The smallest absolute Gasteiger partial charge is 0.305 e. The lowest BCUT2D eigenvalue weighted by molar-refractivity contribution is -0.142. The summed E-state index contributed by atoms with van der Waals surface area (Å²) in [5.41, 5.74) is -0.511. The summed E-state index contributed by atoms with van der Waals surface area (Å²) < 4.78 is 28.7. The first kappa shape index (κ1) is 28.0. The molecule has 2 saturated heterocycles. The number of benzene rings is 2. The molecule has 3 fully saturated rings. The summed E-state index contributed by atoms with van der Waals surface area (Å²) in [6, 6.07) is 7.16. The van der Waals surface area contributed by atoms with E-state index in [1.165, 1.54) is 18.2 Å². The van der Waals surface area contributed by atoms with Crippen molar-refractivity contribution < 1.29 is 43.0 Å². The lowest BCUT2D eigenvalue weighted by atomic mass is 9.51. The number of phenolic OH excluding ortho intramolecular Hbond substituents is 1. The highest BCUT2D eigenvalue weighted by Crippen LogP contribution is 2.63. The molecule has 2 aliphatic carbocycles. The van der Waals surface area contributed by atoms with E-state index in [1.54, 1.807) is 13.0 Å². The van der Waals surface area contributed by atoms with Crippen molar-refractivity contribution in [2.24, 2.45) is 29.1 Å². The monoisotopic (exact) mass is 598 g/mol. The van der Waals surface area contributed by atoms with Crippen molar-refractivity contribution in [2.45, 2.75) is 32.1 Å². The van der Waals surface area contributed by atoms with Crippen molar-refractivity contribution in [2.75, 3.05) is 11.4 Å².